The van der Waals surface area contributed by atoms with Crippen LogP contribution in [0.1, 0.15) is 130 Å². The molecule has 0 spiro atoms. The topological polar surface area (TPSA) is 44.5 Å². The van der Waals surface area contributed by atoms with Gasteiger partial charge in [-0.3, -0.25) is 0 Å². The fraction of sp³-hybridized carbons (Fsp3) is 0.154. The number of benzene rings is 15. The van der Waals surface area contributed by atoms with Gasteiger partial charge < -0.3 is 18.9 Å². The lowest BCUT2D eigenvalue weighted by molar-refractivity contribution is 0.590. The number of hydrogen-bond acceptors (Lipinski definition) is 3. The minimum Gasteiger partial charge on any atom is -0.310 e. The summed E-state index contributed by atoms with van der Waals surface area (Å²) < 4.78 is 138. The minimum atomic E-state index is -0.801. The summed E-state index contributed by atoms with van der Waals surface area (Å²) in [6, 6.07) is 69.2. The lowest BCUT2D eigenvalue weighted by Crippen LogP contribution is -2.61. The Labute approximate surface area is 670 Å². The van der Waals surface area contributed by atoms with Crippen LogP contribution in [0.4, 0.5) is 39.8 Å². The average molecular weight is 1440 g/mol. The van der Waals surface area contributed by atoms with Crippen LogP contribution >= 0.6 is 0 Å². The summed E-state index contributed by atoms with van der Waals surface area (Å²) in [5, 5.41) is 14.5. The standard InChI is InChI=1S/C104H85BN6/c1-101(2,3)69-43-39-66(40-44-69)83-56-71(103(7,8)9)57-84(67-41-45-70(46-42-67)102(4,5)6)100(83)111-95-62-74(108-90-36-23-21-32-80(90)86-54-64(63-106)38-52-92(86)108)48-51-89(95)105-88-50-49-75(109-91-37-24-22-33-81(91)87-60-73(107-13)47-53-93(87)109)61-94(88)110(96-58-72(104(10,11)12)59-97(111)98(96)105)99-77(65-26-15-14-16-27-65)34-25-35-82(99)85-55-68-28-17-18-29-76(68)78-30-19-20-31-79(78)85/h14-62H,1-12H3/i21D,22D,23D,24D,32D,33D,36D,37D,38D,47D,52D,53D,54D,60D. The summed E-state index contributed by atoms with van der Waals surface area (Å²) in [6.07, 6.45) is 0. The molecule has 17 aromatic rings. The van der Waals surface area contributed by atoms with Crippen molar-refractivity contribution in [2.45, 2.75) is 105 Å². The molecule has 111 heavy (non-hydrogen) atoms. The van der Waals surface area contributed by atoms with Crippen LogP contribution in [0.25, 0.3) is 126 Å². The first-order chi connectivity index (χ1) is 59.3. The van der Waals surface area contributed by atoms with Crippen molar-refractivity contribution >= 4 is 128 Å². The quantitative estimate of drug-likeness (QED) is 0.0865. The Morgan fingerprint density at radius 1 is 0.360 bits per heavy atom. The zero-order valence-electron chi connectivity index (χ0n) is 78.0. The molecule has 0 amide bonds. The molecule has 0 saturated carbocycles. The maximum absolute atomic E-state index is 10.8. The van der Waals surface area contributed by atoms with E-state index in [1.807, 2.05) is 66.7 Å². The molecule has 0 fully saturated rings. The molecule has 2 aliphatic rings. The number of anilines is 6. The second-order valence-electron chi connectivity index (χ2n) is 33.6. The minimum absolute atomic E-state index is 0.0661. The maximum Gasteiger partial charge on any atom is 0.252 e. The predicted molar refractivity (Wildman–Crippen MR) is 472 cm³/mol. The first kappa shape index (κ1) is 54.6. The lowest BCUT2D eigenvalue weighted by Gasteiger charge is -2.46. The van der Waals surface area contributed by atoms with Crippen LogP contribution in [0.2, 0.25) is 0 Å². The summed E-state index contributed by atoms with van der Waals surface area (Å²) in [7, 11) is 0. The molecule has 4 heterocycles. The molecule has 6 nitrogen and oxygen atoms in total. The van der Waals surface area contributed by atoms with E-state index in [0.29, 0.717) is 22.7 Å². The Morgan fingerprint density at radius 3 is 1.36 bits per heavy atom. The first-order valence-electron chi connectivity index (χ1n) is 44.8. The van der Waals surface area contributed by atoms with Gasteiger partial charge in [-0.15, -0.1) is 0 Å². The third-order valence-electron chi connectivity index (χ3n) is 22.7. The second-order valence-corrected chi connectivity index (χ2v) is 33.6. The summed E-state index contributed by atoms with van der Waals surface area (Å²) >= 11 is 0. The molecule has 7 heteroatoms. The Morgan fingerprint density at radius 2 is 0.820 bits per heavy atom. The Kier molecular flexibility index (Phi) is 12.5. The third-order valence-corrected chi connectivity index (χ3v) is 22.7. The van der Waals surface area contributed by atoms with Crippen molar-refractivity contribution in [1.82, 2.24) is 9.13 Å². The fourth-order valence-corrected chi connectivity index (χ4v) is 17.0. The summed E-state index contributed by atoms with van der Waals surface area (Å²) in [5.41, 5.74) is 15.5. The number of fused-ring (bicyclic) bond motifs is 13. The van der Waals surface area contributed by atoms with Gasteiger partial charge in [-0.05, 0) is 206 Å². The van der Waals surface area contributed by atoms with Crippen molar-refractivity contribution in [3.63, 3.8) is 0 Å². The summed E-state index contributed by atoms with van der Waals surface area (Å²) in [4.78, 5) is 8.34. The highest BCUT2D eigenvalue weighted by Crippen LogP contribution is 2.56. The Balaban J connectivity index is 1.05. The van der Waals surface area contributed by atoms with E-state index in [-0.39, 0.29) is 54.4 Å². The van der Waals surface area contributed by atoms with Gasteiger partial charge >= 0.3 is 0 Å². The largest absolute Gasteiger partial charge is 0.310 e. The predicted octanol–water partition coefficient (Wildman–Crippen LogP) is 26.6. The van der Waals surface area contributed by atoms with Gasteiger partial charge in [-0.1, -0.05) is 283 Å². The number of aromatic nitrogens is 2. The van der Waals surface area contributed by atoms with Gasteiger partial charge in [0.1, 0.15) is 0 Å². The molecule has 15 aromatic carbocycles. The molecule has 19 rings (SSSR count). The number of nitriles is 1. The van der Waals surface area contributed by atoms with Crippen LogP contribution in [0, 0.1) is 17.9 Å². The number of nitrogens with zero attached hydrogens (tertiary/aromatic N) is 6. The van der Waals surface area contributed by atoms with Gasteiger partial charge in [0.25, 0.3) is 6.71 Å². The van der Waals surface area contributed by atoms with E-state index >= 15 is 0 Å². The van der Waals surface area contributed by atoms with E-state index in [1.54, 1.807) is 9.13 Å². The van der Waals surface area contributed by atoms with Crippen LogP contribution in [-0.2, 0) is 21.7 Å². The van der Waals surface area contributed by atoms with E-state index < -0.39 is 113 Å². The molecule has 534 valence electrons. The zero-order valence-corrected chi connectivity index (χ0v) is 64.0. The molecule has 0 radical (unpaired) electrons. The Hall–Kier alpha value is -12.9. The van der Waals surface area contributed by atoms with Gasteiger partial charge in [-0.25, -0.2) is 4.85 Å². The molecule has 2 aromatic heterocycles. The van der Waals surface area contributed by atoms with E-state index in [4.69, 9.17) is 6.57 Å². The van der Waals surface area contributed by atoms with Crippen molar-refractivity contribution in [3.05, 3.63) is 336 Å². The smallest absolute Gasteiger partial charge is 0.252 e. The van der Waals surface area contributed by atoms with Crippen molar-refractivity contribution in [2.24, 2.45) is 0 Å². The van der Waals surface area contributed by atoms with E-state index in [1.165, 1.54) is 0 Å². The molecule has 0 saturated heterocycles. The summed E-state index contributed by atoms with van der Waals surface area (Å²) in [5.74, 6) is 0. The van der Waals surface area contributed by atoms with Crippen LogP contribution in [0.5, 0.6) is 0 Å². The maximum atomic E-state index is 10.8. The van der Waals surface area contributed by atoms with E-state index in [9.17, 15) is 24.5 Å². The van der Waals surface area contributed by atoms with Gasteiger partial charge in [0.2, 0.25) is 0 Å². The fourth-order valence-electron chi connectivity index (χ4n) is 17.0. The second kappa shape index (κ2) is 25.3. The SMILES string of the molecule is [2H]c1c([2H])c([2H])c2c(c1[2H])c1c([2H])c(C#N)c([2H])c([2H])c1n2-c1ccc2c(c1)N(c1c(-c3ccc(C(C)(C)C)cc3)cc(C(C)(C)C)cc1-c1ccc(C(C)(C)C)cc1)c1cc(C(C)(C)C)cc3c1B2c1ccc(-n2c4c([2H])c([2H])c([2H])c([2H])c4c4c([2H])c([N+]#[C-])c([2H])c([2H])c42)cc1N3c1c(-c2ccccc2)cccc1-c1cc2ccccc2c2ccccc12. The van der Waals surface area contributed by atoms with Crippen molar-refractivity contribution in [1.29, 1.82) is 5.26 Å². The normalized spacial score (nSPS) is 14.7. The van der Waals surface area contributed by atoms with Gasteiger partial charge in [0, 0.05) is 75.3 Å². The van der Waals surface area contributed by atoms with Crippen LogP contribution < -0.4 is 26.2 Å². The highest BCUT2D eigenvalue weighted by molar-refractivity contribution is 7.00. The van der Waals surface area contributed by atoms with Crippen LogP contribution in [0.3, 0.4) is 0 Å². The highest BCUT2D eigenvalue weighted by atomic mass is 15.2. The molecule has 0 unspecified atom stereocenters. The molecule has 0 N–H and O–H groups in total. The molecule has 0 aliphatic carbocycles. The number of hydrogen-bond donors (Lipinski definition) is 0. The Bertz CT molecular complexity index is 7640. The van der Waals surface area contributed by atoms with E-state index in [2.05, 4.69) is 249 Å². The lowest BCUT2D eigenvalue weighted by atomic mass is 9.33. The van der Waals surface area contributed by atoms with Crippen molar-refractivity contribution < 1.29 is 19.2 Å². The van der Waals surface area contributed by atoms with Crippen LogP contribution in [0.15, 0.2) is 297 Å². The molecule has 2 aliphatic heterocycles. The molecular weight excluding hydrogens is 1340 g/mol. The monoisotopic (exact) mass is 1440 g/mol. The highest BCUT2D eigenvalue weighted by Gasteiger charge is 2.47. The molecule has 0 atom stereocenters. The first-order valence-corrected chi connectivity index (χ1v) is 37.8. The molecule has 0 bridgehead atoms. The van der Waals surface area contributed by atoms with Gasteiger partial charge in [0.05, 0.1) is 68.1 Å². The summed E-state index contributed by atoms with van der Waals surface area (Å²) in [6.45, 7) is 33.9. The van der Waals surface area contributed by atoms with Gasteiger partial charge in [-0.2, -0.15) is 5.26 Å². The van der Waals surface area contributed by atoms with Crippen molar-refractivity contribution in [2.75, 3.05) is 9.80 Å². The number of para-hydroxylation sites is 3. The molecular formula is C104H85BN6. The van der Waals surface area contributed by atoms with Crippen molar-refractivity contribution in [3.8, 4) is 62.0 Å². The average Bonchev–Trinajstić information content (AvgIpc) is 1.01. The number of rotatable bonds is 8. The third kappa shape index (κ3) is 11.1. The van der Waals surface area contributed by atoms with Crippen LogP contribution in [-0.4, -0.2) is 15.8 Å². The van der Waals surface area contributed by atoms with Gasteiger partial charge in [0.15, 0.2) is 5.69 Å². The van der Waals surface area contributed by atoms with E-state index in [0.717, 1.165) is 127 Å². The zero-order chi connectivity index (χ0) is 88.5.